The summed E-state index contributed by atoms with van der Waals surface area (Å²) in [5.74, 6) is 0.983. The first kappa shape index (κ1) is 25.6. The highest BCUT2D eigenvalue weighted by Gasteiger charge is 2.54. The van der Waals surface area contributed by atoms with Crippen molar-refractivity contribution in [3.05, 3.63) is 69.5 Å². The van der Waals surface area contributed by atoms with Gasteiger partial charge in [0.1, 0.15) is 17.1 Å². The minimum atomic E-state index is -0.989. The highest BCUT2D eigenvalue weighted by Crippen LogP contribution is 2.52. The first-order valence-electron chi connectivity index (χ1n) is 13.1. The molecule has 2 saturated carbocycles. The Labute approximate surface area is 238 Å². The molecular weight excluding hydrogens is 559 g/mol. The monoisotopic (exact) mass is 582 g/mol. The van der Waals surface area contributed by atoms with Gasteiger partial charge in [0.05, 0.1) is 34.4 Å². The Morgan fingerprint density at radius 3 is 2.38 bits per heavy atom. The third-order valence-corrected chi connectivity index (χ3v) is 8.74. The van der Waals surface area contributed by atoms with Crippen molar-refractivity contribution in [3.63, 3.8) is 0 Å². The molecule has 3 aromatic heterocycles. The highest BCUT2D eigenvalue weighted by atomic mass is 35.5. The molecule has 206 valence electrons. The van der Waals surface area contributed by atoms with Gasteiger partial charge >= 0.3 is 5.97 Å². The average Bonchev–Trinajstić information content (AvgIpc) is 3.53. The molecule has 0 spiro atoms. The number of hydrogen-bond acceptors (Lipinski definition) is 9. The molecular formula is C28H24Cl2N4O6. The normalized spacial score (nSPS) is 23.9. The lowest BCUT2D eigenvalue weighted by molar-refractivity contribution is -0.250. The van der Waals surface area contributed by atoms with Crippen molar-refractivity contribution in [1.82, 2.24) is 20.3 Å². The zero-order chi connectivity index (χ0) is 27.5. The molecule has 2 aliphatic carbocycles. The minimum Gasteiger partial charge on any atom is -0.478 e. The lowest BCUT2D eigenvalue weighted by Crippen LogP contribution is -2.54. The summed E-state index contributed by atoms with van der Waals surface area (Å²) in [6.07, 6.45) is 8.03. The first-order valence-corrected chi connectivity index (χ1v) is 13.9. The van der Waals surface area contributed by atoms with Gasteiger partial charge in [-0.1, -0.05) is 45.6 Å². The lowest BCUT2D eigenvalue weighted by atomic mass is 9.73. The molecule has 4 aliphatic rings. The molecule has 0 radical (unpaired) electrons. The number of benzene rings is 1. The molecule has 0 atom stereocenters. The molecule has 40 heavy (non-hydrogen) atoms. The number of nitrogens with zero attached hydrogens (tertiary/aromatic N) is 4. The average molecular weight is 583 g/mol. The Balaban J connectivity index is 1.08. The maximum absolute atomic E-state index is 11.1. The van der Waals surface area contributed by atoms with Gasteiger partial charge in [-0.25, -0.2) is 4.79 Å². The number of carboxylic acids is 1. The van der Waals surface area contributed by atoms with Crippen molar-refractivity contribution in [2.24, 2.45) is 0 Å². The van der Waals surface area contributed by atoms with Crippen molar-refractivity contribution in [3.8, 4) is 22.6 Å². The predicted molar refractivity (Wildman–Crippen MR) is 142 cm³/mol. The first-order chi connectivity index (χ1) is 19.4. The predicted octanol–water partition coefficient (Wildman–Crippen LogP) is 6.42. The van der Waals surface area contributed by atoms with E-state index in [1.807, 2.05) is 0 Å². The molecule has 12 heteroatoms. The molecule has 8 rings (SSSR count). The Hall–Kier alpha value is -3.31. The molecule has 4 fully saturated rings. The molecule has 2 saturated heterocycles. The summed E-state index contributed by atoms with van der Waals surface area (Å²) in [4.78, 5) is 19.8. The zero-order valence-corrected chi connectivity index (χ0v) is 22.7. The van der Waals surface area contributed by atoms with Crippen molar-refractivity contribution in [2.45, 2.75) is 62.3 Å². The Bertz CT molecular complexity index is 1550. The molecule has 10 nitrogen and oxygen atoms in total. The molecule has 2 bridgehead atoms. The standard InChI is InChI=1S/C28H24Cl2N4O6/c29-19-11-31-12-20(30)21(19)22-18(23(39-33-22)15-1-2-15)13-37-27-7-9-28(10-8-27,38-14-27)26-32-24(34-40-26)16-3-5-17(6-4-16)25(35)36/h3-6,11-12,15H,1-2,7-10,13-14H2,(H,35,36). The van der Waals surface area contributed by atoms with Gasteiger partial charge in [0.25, 0.3) is 5.89 Å². The largest absolute Gasteiger partial charge is 0.478 e. The van der Waals surface area contributed by atoms with Crippen LogP contribution >= 0.6 is 23.2 Å². The molecule has 2 aliphatic heterocycles. The second-order valence-electron chi connectivity index (χ2n) is 10.7. The summed E-state index contributed by atoms with van der Waals surface area (Å²) in [6.45, 7) is 0.682. The third kappa shape index (κ3) is 4.39. The van der Waals surface area contributed by atoms with E-state index in [0.29, 0.717) is 70.6 Å². The van der Waals surface area contributed by atoms with E-state index in [1.165, 1.54) is 12.1 Å². The van der Waals surface area contributed by atoms with Gasteiger partial charge in [-0.2, -0.15) is 4.98 Å². The summed E-state index contributed by atoms with van der Waals surface area (Å²) >= 11 is 12.9. The van der Waals surface area contributed by atoms with Gasteiger partial charge in [0.2, 0.25) is 5.82 Å². The number of carboxylic acid groups (broad SMARTS) is 1. The molecule has 1 N–H and O–H groups in total. The smallest absolute Gasteiger partial charge is 0.335 e. The lowest BCUT2D eigenvalue weighted by Gasteiger charge is -2.50. The van der Waals surface area contributed by atoms with E-state index < -0.39 is 17.2 Å². The quantitative estimate of drug-likeness (QED) is 0.248. The van der Waals surface area contributed by atoms with Gasteiger partial charge < -0.3 is 23.6 Å². The van der Waals surface area contributed by atoms with Gasteiger partial charge in [-0.15, -0.1) is 0 Å². The van der Waals surface area contributed by atoms with E-state index in [-0.39, 0.29) is 5.56 Å². The van der Waals surface area contributed by atoms with E-state index in [4.69, 9.17) is 46.8 Å². The molecule has 4 aromatic rings. The fourth-order valence-corrected chi connectivity index (χ4v) is 6.15. The number of ether oxygens (including phenoxy) is 2. The zero-order valence-electron chi connectivity index (χ0n) is 21.2. The highest BCUT2D eigenvalue weighted by molar-refractivity contribution is 6.38. The van der Waals surface area contributed by atoms with E-state index in [9.17, 15) is 4.79 Å². The van der Waals surface area contributed by atoms with Crippen LogP contribution in [0.25, 0.3) is 22.6 Å². The summed E-state index contributed by atoms with van der Waals surface area (Å²) in [7, 11) is 0. The topological polar surface area (TPSA) is 134 Å². The number of fused-ring (bicyclic) bond motifs is 3. The van der Waals surface area contributed by atoms with Crippen LogP contribution in [0.3, 0.4) is 0 Å². The molecule has 5 heterocycles. The van der Waals surface area contributed by atoms with Crippen LogP contribution in [0.15, 0.2) is 45.7 Å². The van der Waals surface area contributed by atoms with Crippen molar-refractivity contribution in [2.75, 3.05) is 6.61 Å². The van der Waals surface area contributed by atoms with E-state index in [1.54, 1.807) is 24.5 Å². The summed E-state index contributed by atoms with van der Waals surface area (Å²) in [5, 5.41) is 18.4. The van der Waals surface area contributed by atoms with Crippen LogP contribution in [0.4, 0.5) is 0 Å². The van der Waals surface area contributed by atoms with Gasteiger partial charge in [-0.05, 0) is 50.7 Å². The fourth-order valence-electron chi connectivity index (χ4n) is 5.60. The second kappa shape index (κ2) is 9.66. The van der Waals surface area contributed by atoms with Crippen LogP contribution in [0, 0.1) is 0 Å². The van der Waals surface area contributed by atoms with Crippen molar-refractivity contribution < 1.29 is 28.4 Å². The van der Waals surface area contributed by atoms with Gasteiger partial charge in [0.15, 0.2) is 0 Å². The SMILES string of the molecule is O=C(O)c1ccc(-c2noc(C34CCC(OCc5c(-c6c(Cl)cncc6Cl)noc5C5CC5)(CC3)CO4)n2)cc1. The summed E-state index contributed by atoms with van der Waals surface area (Å²) < 4.78 is 24.4. The fraction of sp³-hybridized carbons (Fsp3) is 0.393. The van der Waals surface area contributed by atoms with E-state index >= 15 is 0 Å². The second-order valence-corrected chi connectivity index (χ2v) is 11.5. The summed E-state index contributed by atoms with van der Waals surface area (Å²) in [5.41, 5.74) is 1.79. The van der Waals surface area contributed by atoms with Gasteiger partial charge in [-0.3, -0.25) is 4.98 Å². The van der Waals surface area contributed by atoms with Crippen LogP contribution in [-0.4, -0.2) is 43.6 Å². The Kier molecular flexibility index (Phi) is 6.19. The molecule has 0 amide bonds. The van der Waals surface area contributed by atoms with Crippen LogP contribution in [-0.2, 0) is 21.7 Å². The van der Waals surface area contributed by atoms with Crippen LogP contribution < -0.4 is 0 Å². The Morgan fingerprint density at radius 1 is 1.02 bits per heavy atom. The number of halogens is 2. The van der Waals surface area contributed by atoms with E-state index in [2.05, 4.69) is 20.3 Å². The number of carbonyl (C=O) groups is 1. The Morgan fingerprint density at radius 2 is 1.75 bits per heavy atom. The van der Waals surface area contributed by atoms with Crippen LogP contribution in [0.2, 0.25) is 10.0 Å². The number of hydrogen-bond donors (Lipinski definition) is 1. The third-order valence-electron chi connectivity index (χ3n) is 8.17. The molecule has 0 unspecified atom stereocenters. The van der Waals surface area contributed by atoms with E-state index in [0.717, 1.165) is 37.0 Å². The summed E-state index contributed by atoms with van der Waals surface area (Å²) in [6, 6.07) is 6.36. The number of aromatic carboxylic acids is 1. The van der Waals surface area contributed by atoms with Crippen molar-refractivity contribution in [1.29, 1.82) is 0 Å². The van der Waals surface area contributed by atoms with Gasteiger partial charge in [0, 0.05) is 35.0 Å². The maximum atomic E-state index is 11.1. The van der Waals surface area contributed by atoms with Crippen LogP contribution in [0.1, 0.15) is 72.0 Å². The minimum absolute atomic E-state index is 0.194. The number of aromatic nitrogens is 4. The van der Waals surface area contributed by atoms with Crippen LogP contribution in [0.5, 0.6) is 0 Å². The number of pyridine rings is 1. The van der Waals surface area contributed by atoms with Crippen molar-refractivity contribution >= 4 is 29.2 Å². The number of rotatable bonds is 8. The maximum Gasteiger partial charge on any atom is 0.335 e. The molecule has 1 aromatic carbocycles.